The summed E-state index contributed by atoms with van der Waals surface area (Å²) in [6, 6.07) is 8.30. The lowest BCUT2D eigenvalue weighted by molar-refractivity contribution is -0.148. The Morgan fingerprint density at radius 3 is 3.10 bits per heavy atom. The summed E-state index contributed by atoms with van der Waals surface area (Å²) in [5.41, 5.74) is 2.74. The molecule has 0 aliphatic heterocycles. The van der Waals surface area contributed by atoms with E-state index < -0.39 is 0 Å². The Morgan fingerprint density at radius 2 is 2.33 bits per heavy atom. The van der Waals surface area contributed by atoms with Crippen molar-refractivity contribution in [3.63, 3.8) is 0 Å². The molecule has 1 fully saturated rings. The molecule has 4 nitrogen and oxygen atoms in total. The number of ether oxygens (including phenoxy) is 1. The quantitative estimate of drug-likeness (QED) is 0.876. The van der Waals surface area contributed by atoms with Gasteiger partial charge in [0.2, 0.25) is 0 Å². The smallest absolute Gasteiger partial charge is 0.309 e. The Balaban J connectivity index is 1.95. The number of hydrogen-bond donors (Lipinski definition) is 1. The third kappa shape index (κ3) is 2.40. The maximum absolute atomic E-state index is 12.1. The summed E-state index contributed by atoms with van der Waals surface area (Å²) >= 11 is 0. The SMILES string of the molecule is CCOC(=O)[C@H]1CCC[C@H]1c1ccc2[nH]cc(C#N)c2c1. The highest BCUT2D eigenvalue weighted by atomic mass is 16.5. The van der Waals surface area contributed by atoms with Gasteiger partial charge in [-0.15, -0.1) is 0 Å². The molecule has 0 unspecified atom stereocenters. The van der Waals surface area contributed by atoms with Crippen molar-refractivity contribution >= 4 is 16.9 Å². The zero-order chi connectivity index (χ0) is 14.8. The summed E-state index contributed by atoms with van der Waals surface area (Å²) in [5, 5.41) is 10.1. The van der Waals surface area contributed by atoms with Crippen molar-refractivity contribution in [2.75, 3.05) is 6.61 Å². The number of carbonyl (C=O) groups is 1. The van der Waals surface area contributed by atoms with Gasteiger partial charge < -0.3 is 9.72 Å². The van der Waals surface area contributed by atoms with Gasteiger partial charge in [0.15, 0.2) is 0 Å². The summed E-state index contributed by atoms with van der Waals surface area (Å²) in [6.07, 6.45) is 4.66. The summed E-state index contributed by atoms with van der Waals surface area (Å²) in [4.78, 5) is 15.2. The van der Waals surface area contributed by atoms with Crippen LogP contribution in [-0.2, 0) is 9.53 Å². The number of rotatable bonds is 3. The zero-order valence-corrected chi connectivity index (χ0v) is 12.1. The van der Waals surface area contributed by atoms with E-state index in [0.717, 1.165) is 35.7 Å². The van der Waals surface area contributed by atoms with Gasteiger partial charge in [-0.2, -0.15) is 5.26 Å². The molecule has 1 saturated carbocycles. The fourth-order valence-corrected chi connectivity index (χ4v) is 3.35. The fraction of sp³-hybridized carbons (Fsp3) is 0.412. The van der Waals surface area contributed by atoms with Crippen LogP contribution in [0.5, 0.6) is 0 Å². The largest absolute Gasteiger partial charge is 0.466 e. The van der Waals surface area contributed by atoms with E-state index in [4.69, 9.17) is 10.00 Å². The first-order valence-corrected chi connectivity index (χ1v) is 7.42. The Bertz CT molecular complexity index is 711. The number of aromatic nitrogens is 1. The van der Waals surface area contributed by atoms with Crippen LogP contribution >= 0.6 is 0 Å². The molecule has 0 amide bonds. The monoisotopic (exact) mass is 282 g/mol. The van der Waals surface area contributed by atoms with Gasteiger partial charge in [-0.3, -0.25) is 4.79 Å². The molecule has 2 aromatic rings. The maximum Gasteiger partial charge on any atom is 0.309 e. The van der Waals surface area contributed by atoms with E-state index in [1.807, 2.05) is 19.1 Å². The molecule has 4 heteroatoms. The van der Waals surface area contributed by atoms with Crippen molar-refractivity contribution in [2.45, 2.75) is 32.1 Å². The van der Waals surface area contributed by atoms with E-state index in [0.29, 0.717) is 12.2 Å². The lowest BCUT2D eigenvalue weighted by atomic mass is 9.88. The average molecular weight is 282 g/mol. The summed E-state index contributed by atoms with van der Waals surface area (Å²) < 4.78 is 5.20. The van der Waals surface area contributed by atoms with Crippen LogP contribution < -0.4 is 0 Å². The predicted octanol–water partition coefficient (Wildman–Crippen LogP) is 3.49. The van der Waals surface area contributed by atoms with Crippen LogP contribution in [0.25, 0.3) is 10.9 Å². The second-order valence-corrected chi connectivity index (χ2v) is 5.52. The average Bonchev–Trinajstić information content (AvgIpc) is 3.13. The highest BCUT2D eigenvalue weighted by Crippen LogP contribution is 2.41. The molecule has 1 aliphatic carbocycles. The normalized spacial score (nSPS) is 21.3. The van der Waals surface area contributed by atoms with Gasteiger partial charge in [-0.25, -0.2) is 0 Å². The van der Waals surface area contributed by atoms with Gasteiger partial charge in [-0.1, -0.05) is 12.5 Å². The van der Waals surface area contributed by atoms with Crippen LogP contribution in [0.4, 0.5) is 0 Å². The number of esters is 1. The number of fused-ring (bicyclic) bond motifs is 1. The molecule has 1 heterocycles. The molecule has 108 valence electrons. The molecule has 3 rings (SSSR count). The highest BCUT2D eigenvalue weighted by Gasteiger charge is 2.35. The van der Waals surface area contributed by atoms with Crippen LogP contribution in [0, 0.1) is 17.2 Å². The van der Waals surface area contributed by atoms with E-state index >= 15 is 0 Å². The first kappa shape index (κ1) is 13.7. The minimum Gasteiger partial charge on any atom is -0.466 e. The van der Waals surface area contributed by atoms with Crippen molar-refractivity contribution in [2.24, 2.45) is 5.92 Å². The molecular formula is C17H18N2O2. The summed E-state index contributed by atoms with van der Waals surface area (Å²) in [5.74, 6) is 0.0662. The number of nitrogens with zero attached hydrogens (tertiary/aromatic N) is 1. The van der Waals surface area contributed by atoms with Gasteiger partial charge in [0, 0.05) is 17.1 Å². The summed E-state index contributed by atoms with van der Waals surface area (Å²) in [7, 11) is 0. The molecule has 1 aromatic carbocycles. The topological polar surface area (TPSA) is 65.9 Å². The first-order chi connectivity index (χ1) is 10.2. The van der Waals surface area contributed by atoms with Gasteiger partial charge >= 0.3 is 5.97 Å². The number of aromatic amines is 1. The molecular weight excluding hydrogens is 264 g/mol. The number of H-pyrrole nitrogens is 1. The van der Waals surface area contributed by atoms with Gasteiger partial charge in [0.1, 0.15) is 6.07 Å². The van der Waals surface area contributed by atoms with Crippen LogP contribution in [-0.4, -0.2) is 17.6 Å². The van der Waals surface area contributed by atoms with Gasteiger partial charge in [-0.05, 0) is 43.4 Å². The van der Waals surface area contributed by atoms with Gasteiger partial charge in [0.25, 0.3) is 0 Å². The standard InChI is InChI=1S/C17H18N2O2/c1-2-21-17(20)14-5-3-4-13(14)11-6-7-16-15(8-11)12(9-18)10-19-16/h6-8,10,13-14,19H,2-5H2,1H3/t13-,14-/m0/s1. The van der Waals surface area contributed by atoms with E-state index in [1.54, 1.807) is 6.20 Å². The maximum atomic E-state index is 12.1. The zero-order valence-electron chi connectivity index (χ0n) is 12.1. The van der Waals surface area contributed by atoms with Gasteiger partial charge in [0.05, 0.1) is 18.1 Å². The molecule has 0 spiro atoms. The number of carbonyl (C=O) groups excluding carboxylic acids is 1. The molecule has 1 N–H and O–H groups in total. The number of hydrogen-bond acceptors (Lipinski definition) is 3. The molecule has 1 aromatic heterocycles. The van der Waals surface area contributed by atoms with Crippen LogP contribution in [0.2, 0.25) is 0 Å². The lowest BCUT2D eigenvalue weighted by Gasteiger charge is -2.18. The molecule has 0 radical (unpaired) electrons. The Morgan fingerprint density at radius 1 is 1.48 bits per heavy atom. The van der Waals surface area contributed by atoms with Crippen molar-refractivity contribution in [1.29, 1.82) is 5.26 Å². The molecule has 0 saturated heterocycles. The Hall–Kier alpha value is -2.28. The second-order valence-electron chi connectivity index (χ2n) is 5.52. The predicted molar refractivity (Wildman–Crippen MR) is 79.7 cm³/mol. The van der Waals surface area contributed by atoms with Crippen LogP contribution in [0.15, 0.2) is 24.4 Å². The minimum atomic E-state index is -0.0883. The number of benzene rings is 1. The van der Waals surface area contributed by atoms with Crippen molar-refractivity contribution in [3.05, 3.63) is 35.5 Å². The number of nitrogens with one attached hydrogen (secondary N) is 1. The van der Waals surface area contributed by atoms with Crippen molar-refractivity contribution in [1.82, 2.24) is 4.98 Å². The molecule has 2 atom stereocenters. The third-order valence-electron chi connectivity index (χ3n) is 4.36. The second kappa shape index (κ2) is 5.61. The number of nitriles is 1. The van der Waals surface area contributed by atoms with Crippen molar-refractivity contribution in [3.8, 4) is 6.07 Å². The van der Waals surface area contributed by atoms with E-state index in [9.17, 15) is 4.79 Å². The van der Waals surface area contributed by atoms with Crippen LogP contribution in [0.1, 0.15) is 43.2 Å². The van der Waals surface area contributed by atoms with E-state index in [-0.39, 0.29) is 17.8 Å². The molecule has 21 heavy (non-hydrogen) atoms. The lowest BCUT2D eigenvalue weighted by Crippen LogP contribution is -2.20. The molecule has 1 aliphatic rings. The van der Waals surface area contributed by atoms with E-state index in [2.05, 4.69) is 17.1 Å². The fourth-order valence-electron chi connectivity index (χ4n) is 3.35. The van der Waals surface area contributed by atoms with Crippen LogP contribution in [0.3, 0.4) is 0 Å². The third-order valence-corrected chi connectivity index (χ3v) is 4.36. The minimum absolute atomic E-state index is 0.0492. The Labute approximate surface area is 123 Å². The molecule has 0 bridgehead atoms. The van der Waals surface area contributed by atoms with Crippen molar-refractivity contribution < 1.29 is 9.53 Å². The highest BCUT2D eigenvalue weighted by molar-refractivity contribution is 5.86. The first-order valence-electron chi connectivity index (χ1n) is 7.42. The van der Waals surface area contributed by atoms with E-state index in [1.165, 1.54) is 0 Å². The Kier molecular flexibility index (Phi) is 3.66. The summed E-state index contributed by atoms with van der Waals surface area (Å²) in [6.45, 7) is 2.27.